The molecule has 1 N–H and O–H groups in total. The maximum absolute atomic E-state index is 12.4. The molecule has 0 saturated heterocycles. The lowest BCUT2D eigenvalue weighted by atomic mass is 9.93. The minimum atomic E-state index is -1.04. The van der Waals surface area contributed by atoms with Crippen LogP contribution in [0.5, 0.6) is 11.5 Å². The molecule has 2 heterocycles. The zero-order valence-corrected chi connectivity index (χ0v) is 13.9. The molecule has 3 rings (SSSR count). The first-order valence-corrected chi connectivity index (χ1v) is 8.51. The molecule has 0 spiro atoms. The Morgan fingerprint density at radius 2 is 1.92 bits per heavy atom. The fourth-order valence-corrected chi connectivity index (χ4v) is 3.45. The summed E-state index contributed by atoms with van der Waals surface area (Å²) in [6, 6.07) is 2.69. The average molecular weight is 351 g/mol. The van der Waals surface area contributed by atoms with Crippen LogP contribution < -0.4 is 9.47 Å². The third-order valence-corrected chi connectivity index (χ3v) is 4.87. The zero-order valence-electron chi connectivity index (χ0n) is 13.1. The maximum atomic E-state index is 12.4. The number of fused-ring (bicyclic) bond motifs is 2. The van der Waals surface area contributed by atoms with E-state index in [9.17, 15) is 19.5 Å². The summed E-state index contributed by atoms with van der Waals surface area (Å²) < 4.78 is 10.7. The highest BCUT2D eigenvalue weighted by molar-refractivity contribution is 8.13. The molecule has 2 aliphatic rings. The summed E-state index contributed by atoms with van der Waals surface area (Å²) in [4.78, 5) is 36.3. The van der Waals surface area contributed by atoms with Gasteiger partial charge in [-0.05, 0) is 23.3 Å². The van der Waals surface area contributed by atoms with Crippen LogP contribution >= 0.6 is 11.8 Å². The molecule has 24 heavy (non-hydrogen) atoms. The van der Waals surface area contributed by atoms with Crippen LogP contribution in [-0.2, 0) is 27.3 Å². The molecule has 0 aliphatic carbocycles. The van der Waals surface area contributed by atoms with E-state index in [1.54, 1.807) is 12.1 Å². The quantitative estimate of drug-likeness (QED) is 0.877. The molecule has 1 aromatic rings. The summed E-state index contributed by atoms with van der Waals surface area (Å²) in [5.41, 5.74) is 1.72. The van der Waals surface area contributed by atoms with Crippen LogP contribution in [0.3, 0.4) is 0 Å². The fourth-order valence-electron chi connectivity index (χ4n) is 2.88. The molecular formula is C16H17NO6S. The van der Waals surface area contributed by atoms with Crippen molar-refractivity contribution in [1.82, 2.24) is 4.90 Å². The predicted octanol–water partition coefficient (Wildman–Crippen LogP) is 1.42. The van der Waals surface area contributed by atoms with Crippen molar-refractivity contribution in [3.63, 3.8) is 0 Å². The van der Waals surface area contributed by atoms with Gasteiger partial charge in [-0.1, -0.05) is 11.8 Å². The topological polar surface area (TPSA) is 93.1 Å². The Balaban J connectivity index is 1.80. The molecule has 0 radical (unpaired) electrons. The molecule has 0 fully saturated rings. The molecule has 0 saturated carbocycles. The second kappa shape index (κ2) is 6.72. The highest BCUT2D eigenvalue weighted by atomic mass is 32.2. The van der Waals surface area contributed by atoms with E-state index < -0.39 is 12.0 Å². The van der Waals surface area contributed by atoms with Crippen molar-refractivity contribution >= 4 is 28.8 Å². The van der Waals surface area contributed by atoms with Crippen LogP contribution in [0.2, 0.25) is 0 Å². The zero-order chi connectivity index (χ0) is 17.3. The summed E-state index contributed by atoms with van der Waals surface area (Å²) in [5, 5.41) is 9.42. The van der Waals surface area contributed by atoms with Crippen LogP contribution in [0.15, 0.2) is 12.1 Å². The van der Waals surface area contributed by atoms with E-state index in [4.69, 9.17) is 9.47 Å². The number of aliphatic carboxylic acids is 1. The first-order valence-electron chi connectivity index (χ1n) is 7.52. The number of carboxylic acids is 1. The van der Waals surface area contributed by atoms with E-state index in [2.05, 4.69) is 0 Å². The lowest BCUT2D eigenvalue weighted by Crippen LogP contribution is -2.48. The Bertz CT molecular complexity index is 704. The van der Waals surface area contributed by atoms with Crippen LogP contribution in [0.1, 0.15) is 24.5 Å². The highest BCUT2D eigenvalue weighted by Crippen LogP contribution is 2.38. The molecule has 1 atom stereocenters. The van der Waals surface area contributed by atoms with Gasteiger partial charge in [-0.3, -0.25) is 9.59 Å². The standard InChI is InChI=1S/C16H17NO6S/c1-9(18)24-3-2-15(19)17-7-11-6-14-13(22-8-23-14)5-10(11)4-12(17)16(20)21/h5-6,12H,2-4,7-8H2,1H3,(H,20,21)/t12-/m0/s1. The molecule has 8 heteroatoms. The minimum absolute atomic E-state index is 0.0608. The number of carbonyl (C=O) groups excluding carboxylic acids is 2. The molecule has 128 valence electrons. The van der Waals surface area contributed by atoms with Crippen molar-refractivity contribution in [1.29, 1.82) is 0 Å². The lowest BCUT2D eigenvalue weighted by Gasteiger charge is -2.34. The van der Waals surface area contributed by atoms with E-state index in [-0.39, 0.29) is 37.2 Å². The predicted molar refractivity (Wildman–Crippen MR) is 86.0 cm³/mol. The fraction of sp³-hybridized carbons (Fsp3) is 0.438. The van der Waals surface area contributed by atoms with Crippen LogP contribution in [0, 0.1) is 0 Å². The first kappa shape index (κ1) is 16.6. The van der Waals surface area contributed by atoms with Crippen molar-refractivity contribution in [2.24, 2.45) is 0 Å². The van der Waals surface area contributed by atoms with Crippen LogP contribution in [0.25, 0.3) is 0 Å². The van der Waals surface area contributed by atoms with E-state index in [1.165, 1.54) is 11.8 Å². The molecule has 1 aromatic carbocycles. The molecule has 1 amide bonds. The van der Waals surface area contributed by atoms with Crippen molar-refractivity contribution < 1.29 is 29.0 Å². The monoisotopic (exact) mass is 351 g/mol. The Morgan fingerprint density at radius 1 is 1.25 bits per heavy atom. The van der Waals surface area contributed by atoms with Gasteiger partial charge in [0.1, 0.15) is 6.04 Å². The molecule has 0 bridgehead atoms. The SMILES string of the molecule is CC(=O)SCCC(=O)N1Cc2cc3c(cc2C[C@H]1C(=O)O)OCO3. The van der Waals surface area contributed by atoms with Gasteiger partial charge >= 0.3 is 5.97 Å². The third-order valence-electron chi connectivity index (χ3n) is 4.05. The van der Waals surface area contributed by atoms with Gasteiger partial charge in [0.25, 0.3) is 0 Å². The lowest BCUT2D eigenvalue weighted by molar-refractivity contribution is -0.151. The number of carbonyl (C=O) groups is 3. The van der Waals surface area contributed by atoms with Crippen LogP contribution in [0.4, 0.5) is 0 Å². The number of hydrogen-bond acceptors (Lipinski definition) is 6. The summed E-state index contributed by atoms with van der Waals surface area (Å²) in [7, 11) is 0. The first-order chi connectivity index (χ1) is 11.5. The van der Waals surface area contributed by atoms with Crippen molar-refractivity contribution in [2.45, 2.75) is 32.4 Å². The smallest absolute Gasteiger partial charge is 0.326 e. The van der Waals surface area contributed by atoms with Gasteiger partial charge < -0.3 is 19.5 Å². The summed E-state index contributed by atoms with van der Waals surface area (Å²) >= 11 is 1.06. The Morgan fingerprint density at radius 3 is 2.54 bits per heavy atom. The number of hydrogen-bond donors (Lipinski definition) is 1. The van der Waals surface area contributed by atoms with E-state index in [0.29, 0.717) is 17.3 Å². The summed E-state index contributed by atoms with van der Waals surface area (Å²) in [6.07, 6.45) is 0.362. The van der Waals surface area contributed by atoms with Gasteiger partial charge in [-0.15, -0.1) is 0 Å². The number of amides is 1. The molecule has 0 aromatic heterocycles. The van der Waals surface area contributed by atoms with Crippen molar-refractivity contribution in [2.75, 3.05) is 12.5 Å². The normalized spacial score (nSPS) is 18.2. The largest absolute Gasteiger partial charge is 0.480 e. The van der Waals surface area contributed by atoms with Gasteiger partial charge in [0.15, 0.2) is 16.6 Å². The minimum Gasteiger partial charge on any atom is -0.480 e. The van der Waals surface area contributed by atoms with Crippen molar-refractivity contribution in [3.05, 3.63) is 23.3 Å². The molecule has 7 nitrogen and oxygen atoms in total. The second-order valence-corrected chi connectivity index (χ2v) is 6.92. The Labute approximate surface area is 142 Å². The molecule has 2 aliphatic heterocycles. The summed E-state index contributed by atoms with van der Waals surface area (Å²) in [5.74, 6) is 0.272. The number of nitrogens with zero attached hydrogens (tertiary/aromatic N) is 1. The van der Waals surface area contributed by atoms with Gasteiger partial charge in [-0.2, -0.15) is 0 Å². The van der Waals surface area contributed by atoms with Gasteiger partial charge in [0.2, 0.25) is 12.7 Å². The summed E-state index contributed by atoms with van der Waals surface area (Å²) in [6.45, 7) is 1.80. The van der Waals surface area contributed by atoms with Crippen LogP contribution in [-0.4, -0.2) is 45.6 Å². The second-order valence-electron chi connectivity index (χ2n) is 5.64. The number of thioether (sulfide) groups is 1. The van der Waals surface area contributed by atoms with Gasteiger partial charge in [0, 0.05) is 32.1 Å². The number of benzene rings is 1. The molecule has 0 unspecified atom stereocenters. The van der Waals surface area contributed by atoms with E-state index in [0.717, 1.165) is 22.9 Å². The number of carboxylic acid groups (broad SMARTS) is 1. The number of rotatable bonds is 4. The Kier molecular flexibility index (Phi) is 4.66. The number of ether oxygens (including phenoxy) is 2. The van der Waals surface area contributed by atoms with Crippen molar-refractivity contribution in [3.8, 4) is 11.5 Å². The van der Waals surface area contributed by atoms with E-state index >= 15 is 0 Å². The highest BCUT2D eigenvalue weighted by Gasteiger charge is 2.35. The third kappa shape index (κ3) is 3.33. The van der Waals surface area contributed by atoms with Gasteiger partial charge in [0.05, 0.1) is 0 Å². The average Bonchev–Trinajstić information content (AvgIpc) is 2.97. The Hall–Kier alpha value is -2.22. The van der Waals surface area contributed by atoms with E-state index in [1.807, 2.05) is 0 Å². The van der Waals surface area contributed by atoms with Gasteiger partial charge in [-0.25, -0.2) is 4.79 Å². The molecular weight excluding hydrogens is 334 g/mol. The maximum Gasteiger partial charge on any atom is 0.326 e.